The van der Waals surface area contributed by atoms with Gasteiger partial charge in [0.05, 0.1) is 0 Å². The number of hydrogen-bond donors (Lipinski definition) is 1. The maximum atomic E-state index is 10.7. The molecule has 0 aliphatic carbocycles. The molecule has 0 aromatic heterocycles. The van der Waals surface area contributed by atoms with Crippen LogP contribution in [-0.4, -0.2) is 42.5 Å². The van der Waals surface area contributed by atoms with Crippen LogP contribution in [0.3, 0.4) is 0 Å². The molecule has 1 aliphatic rings. The van der Waals surface area contributed by atoms with Crippen LogP contribution >= 0.6 is 0 Å². The lowest BCUT2D eigenvalue weighted by molar-refractivity contribution is -0.0510. The Kier molecular flexibility index (Phi) is 11.1. The third-order valence-electron chi connectivity index (χ3n) is 4.06. The van der Waals surface area contributed by atoms with Gasteiger partial charge in [-0.1, -0.05) is 46.0 Å². The predicted octanol–water partition coefficient (Wildman–Crippen LogP) is 4.62. The van der Waals surface area contributed by atoms with Gasteiger partial charge in [0.25, 0.3) is 0 Å². The van der Waals surface area contributed by atoms with Gasteiger partial charge < -0.3 is 4.90 Å². The second-order valence-electron chi connectivity index (χ2n) is 5.93. The van der Waals surface area contributed by atoms with E-state index in [0.717, 1.165) is 6.04 Å². The largest absolute Gasteiger partial charge is 0.522 e. The Morgan fingerprint density at radius 1 is 1.09 bits per heavy atom. The lowest BCUT2D eigenvalue weighted by Crippen LogP contribution is -2.29. The summed E-state index contributed by atoms with van der Waals surface area (Å²) in [5.74, 6) is 0. The second kappa shape index (κ2) is 11.3. The highest BCUT2D eigenvalue weighted by atomic mass is 32.2. The van der Waals surface area contributed by atoms with Crippen molar-refractivity contribution in [1.82, 2.24) is 4.90 Å². The zero-order valence-electron chi connectivity index (χ0n) is 14.1. The molecule has 8 heteroatoms. The van der Waals surface area contributed by atoms with E-state index < -0.39 is 15.6 Å². The average molecular weight is 361 g/mol. The molecule has 1 saturated heterocycles. The molecular weight excluding hydrogens is 331 g/mol. The summed E-state index contributed by atoms with van der Waals surface area (Å²) in [6, 6.07) is 0.917. The minimum absolute atomic E-state index is 0.917. The van der Waals surface area contributed by atoms with Gasteiger partial charge in [0.2, 0.25) is 0 Å². The van der Waals surface area contributed by atoms with Crippen LogP contribution in [0.4, 0.5) is 13.2 Å². The number of halogens is 3. The first-order chi connectivity index (χ1) is 10.6. The molecular formula is C15H30F3NO3S. The van der Waals surface area contributed by atoms with Crippen molar-refractivity contribution in [2.24, 2.45) is 0 Å². The Morgan fingerprint density at radius 3 is 2.09 bits per heavy atom. The summed E-state index contributed by atoms with van der Waals surface area (Å²) in [7, 11) is -5.84. The van der Waals surface area contributed by atoms with E-state index in [1.807, 2.05) is 0 Å². The number of rotatable bonds is 8. The highest BCUT2D eigenvalue weighted by Crippen LogP contribution is 2.21. The van der Waals surface area contributed by atoms with Gasteiger partial charge in [-0.05, 0) is 38.8 Å². The van der Waals surface area contributed by atoms with Crippen LogP contribution in [0.25, 0.3) is 0 Å². The van der Waals surface area contributed by atoms with Crippen molar-refractivity contribution >= 4 is 10.1 Å². The van der Waals surface area contributed by atoms with Gasteiger partial charge in [0, 0.05) is 6.04 Å². The highest BCUT2D eigenvalue weighted by Gasteiger charge is 2.44. The van der Waals surface area contributed by atoms with Crippen molar-refractivity contribution in [2.75, 3.05) is 13.1 Å². The number of hydrogen-bond acceptors (Lipinski definition) is 3. The normalized spacial score (nSPS) is 19.5. The van der Waals surface area contributed by atoms with Crippen LogP contribution in [-0.2, 0) is 10.1 Å². The molecule has 140 valence electrons. The summed E-state index contributed by atoms with van der Waals surface area (Å²) < 4.78 is 57.5. The smallest absolute Gasteiger partial charge is 0.300 e. The van der Waals surface area contributed by atoms with Crippen LogP contribution in [0.1, 0.15) is 71.6 Å². The van der Waals surface area contributed by atoms with Gasteiger partial charge in [-0.25, -0.2) is 0 Å². The summed E-state index contributed by atoms with van der Waals surface area (Å²) in [5, 5.41) is 0. The Balaban J connectivity index is 0.000000515. The molecule has 1 heterocycles. The molecule has 1 fully saturated rings. The maximum Gasteiger partial charge on any atom is 0.522 e. The van der Waals surface area contributed by atoms with Crippen LogP contribution in [0, 0.1) is 0 Å². The van der Waals surface area contributed by atoms with E-state index >= 15 is 0 Å². The van der Waals surface area contributed by atoms with E-state index in [1.54, 1.807) is 0 Å². The van der Waals surface area contributed by atoms with E-state index in [-0.39, 0.29) is 0 Å². The molecule has 1 aliphatic heterocycles. The molecule has 4 nitrogen and oxygen atoms in total. The molecule has 1 rings (SSSR count). The van der Waals surface area contributed by atoms with Crippen LogP contribution < -0.4 is 0 Å². The molecule has 0 aromatic rings. The van der Waals surface area contributed by atoms with Crippen molar-refractivity contribution in [3.05, 3.63) is 0 Å². The number of likely N-dealkylation sites (tertiary alicyclic amines) is 1. The molecule has 0 bridgehead atoms. The molecule has 0 saturated carbocycles. The Bertz CT molecular complexity index is 399. The lowest BCUT2D eigenvalue weighted by Gasteiger charge is -2.22. The Labute approximate surface area is 138 Å². The van der Waals surface area contributed by atoms with E-state index in [9.17, 15) is 13.2 Å². The first-order valence-electron chi connectivity index (χ1n) is 8.41. The van der Waals surface area contributed by atoms with Crippen LogP contribution in [0.5, 0.6) is 0 Å². The van der Waals surface area contributed by atoms with Gasteiger partial charge in [-0.3, -0.25) is 4.55 Å². The molecule has 0 aromatic carbocycles. The fourth-order valence-electron chi connectivity index (χ4n) is 2.75. The van der Waals surface area contributed by atoms with Crippen molar-refractivity contribution < 1.29 is 26.1 Å². The van der Waals surface area contributed by atoms with E-state index in [0.29, 0.717) is 0 Å². The van der Waals surface area contributed by atoms with E-state index in [4.69, 9.17) is 13.0 Å². The quantitative estimate of drug-likeness (QED) is 0.389. The predicted molar refractivity (Wildman–Crippen MR) is 85.9 cm³/mol. The molecule has 0 amide bonds. The van der Waals surface area contributed by atoms with Crippen molar-refractivity contribution in [3.8, 4) is 0 Å². The van der Waals surface area contributed by atoms with Crippen molar-refractivity contribution in [2.45, 2.75) is 83.2 Å². The van der Waals surface area contributed by atoms with Gasteiger partial charge in [0.15, 0.2) is 0 Å². The minimum atomic E-state index is -5.84. The number of unbranched alkanes of at least 4 members (excludes halogenated alkanes) is 5. The fraction of sp³-hybridized carbons (Fsp3) is 1.00. The van der Waals surface area contributed by atoms with Gasteiger partial charge in [0.1, 0.15) is 0 Å². The van der Waals surface area contributed by atoms with E-state index in [2.05, 4.69) is 18.7 Å². The zero-order chi connectivity index (χ0) is 17.9. The Morgan fingerprint density at radius 2 is 1.61 bits per heavy atom. The monoisotopic (exact) mass is 361 g/mol. The zero-order valence-corrected chi connectivity index (χ0v) is 14.9. The molecule has 1 unspecified atom stereocenters. The van der Waals surface area contributed by atoms with Crippen molar-refractivity contribution in [1.29, 1.82) is 0 Å². The maximum absolute atomic E-state index is 10.7. The SMILES string of the molecule is CCCCCCCCN1CCCC1CC.O=S(=O)(O)C(F)(F)F. The molecule has 1 N–H and O–H groups in total. The number of nitrogens with zero attached hydrogens (tertiary/aromatic N) is 1. The standard InChI is InChI=1S/C14H29N.CHF3O3S/c1-3-5-6-7-8-9-12-15-13-10-11-14(15)4-2;2-1(3,4)8(5,6)7/h14H,3-13H2,1-2H3;(H,5,6,7). The first kappa shape index (κ1) is 22.7. The summed E-state index contributed by atoms with van der Waals surface area (Å²) in [4.78, 5) is 2.72. The summed E-state index contributed by atoms with van der Waals surface area (Å²) in [6.07, 6.45) is 12.8. The topological polar surface area (TPSA) is 57.6 Å². The summed E-state index contributed by atoms with van der Waals surface area (Å²) in [6.45, 7) is 7.36. The number of alkyl halides is 3. The summed E-state index contributed by atoms with van der Waals surface area (Å²) >= 11 is 0. The fourth-order valence-corrected chi connectivity index (χ4v) is 2.75. The molecule has 0 radical (unpaired) electrons. The minimum Gasteiger partial charge on any atom is -0.300 e. The highest BCUT2D eigenvalue weighted by molar-refractivity contribution is 7.86. The van der Waals surface area contributed by atoms with Gasteiger partial charge >= 0.3 is 15.6 Å². The average Bonchev–Trinajstić information content (AvgIpc) is 2.88. The second-order valence-corrected chi connectivity index (χ2v) is 7.34. The van der Waals surface area contributed by atoms with Crippen molar-refractivity contribution in [3.63, 3.8) is 0 Å². The van der Waals surface area contributed by atoms with Gasteiger partial charge in [-0.2, -0.15) is 21.6 Å². The van der Waals surface area contributed by atoms with E-state index in [1.165, 1.54) is 70.9 Å². The lowest BCUT2D eigenvalue weighted by atomic mass is 10.1. The third-order valence-corrected chi connectivity index (χ3v) is 4.65. The Hall–Kier alpha value is -0.340. The molecule has 0 spiro atoms. The first-order valence-corrected chi connectivity index (χ1v) is 9.85. The van der Waals surface area contributed by atoms with Crippen LogP contribution in [0.2, 0.25) is 0 Å². The summed E-state index contributed by atoms with van der Waals surface area (Å²) in [5.41, 5.74) is -5.53. The molecule has 23 heavy (non-hydrogen) atoms. The molecule has 1 atom stereocenters. The third kappa shape index (κ3) is 10.2. The van der Waals surface area contributed by atoms with Crippen LogP contribution in [0.15, 0.2) is 0 Å². The van der Waals surface area contributed by atoms with Gasteiger partial charge in [-0.15, -0.1) is 0 Å².